The molecule has 1 aromatic carbocycles. The molecule has 1 atom stereocenters. The van der Waals surface area contributed by atoms with E-state index in [9.17, 15) is 4.79 Å². The van der Waals surface area contributed by atoms with E-state index in [0.717, 1.165) is 13.0 Å². The molecular formula is C16H26N2O. The van der Waals surface area contributed by atoms with Gasteiger partial charge in [0.25, 0.3) is 0 Å². The fraction of sp³-hybridized carbons (Fsp3) is 0.562. The summed E-state index contributed by atoms with van der Waals surface area (Å²) in [6, 6.07) is 8.39. The summed E-state index contributed by atoms with van der Waals surface area (Å²) >= 11 is 0. The van der Waals surface area contributed by atoms with Crippen molar-refractivity contribution in [1.29, 1.82) is 0 Å². The van der Waals surface area contributed by atoms with Gasteiger partial charge in [-0.15, -0.1) is 0 Å². The van der Waals surface area contributed by atoms with E-state index in [1.54, 1.807) is 0 Å². The van der Waals surface area contributed by atoms with Crippen LogP contribution in [0.2, 0.25) is 0 Å². The largest absolute Gasteiger partial charge is 0.378 e. The molecule has 1 amide bonds. The van der Waals surface area contributed by atoms with Crippen molar-refractivity contribution in [3.63, 3.8) is 0 Å². The lowest BCUT2D eigenvalue weighted by Crippen LogP contribution is -2.34. The van der Waals surface area contributed by atoms with Gasteiger partial charge in [-0.2, -0.15) is 0 Å². The van der Waals surface area contributed by atoms with Gasteiger partial charge in [0, 0.05) is 38.8 Å². The van der Waals surface area contributed by atoms with Crippen LogP contribution in [0.4, 0.5) is 5.69 Å². The molecular weight excluding hydrogens is 236 g/mol. The molecule has 0 fully saturated rings. The summed E-state index contributed by atoms with van der Waals surface area (Å²) in [5, 5.41) is 0. The first-order valence-corrected chi connectivity index (χ1v) is 7.04. The Labute approximate surface area is 117 Å². The van der Waals surface area contributed by atoms with Gasteiger partial charge in [0.05, 0.1) is 0 Å². The summed E-state index contributed by atoms with van der Waals surface area (Å²) in [5.74, 6) is 0.364. The van der Waals surface area contributed by atoms with E-state index in [1.165, 1.54) is 11.3 Å². The van der Waals surface area contributed by atoms with Crippen molar-refractivity contribution in [3.05, 3.63) is 29.8 Å². The minimum atomic E-state index is 0.112. The third-order valence-corrected chi connectivity index (χ3v) is 3.55. The number of carbonyl (C=O) groups excluding carboxylic acids is 1. The summed E-state index contributed by atoms with van der Waals surface area (Å²) in [4.78, 5) is 16.2. The Morgan fingerprint density at radius 3 is 2.16 bits per heavy atom. The van der Waals surface area contributed by atoms with Gasteiger partial charge in [-0.1, -0.05) is 26.0 Å². The maximum Gasteiger partial charge on any atom is 0.225 e. The Morgan fingerprint density at radius 1 is 1.16 bits per heavy atom. The highest BCUT2D eigenvalue weighted by atomic mass is 16.2. The minimum absolute atomic E-state index is 0.112. The molecule has 1 unspecified atom stereocenters. The summed E-state index contributed by atoms with van der Waals surface area (Å²) in [6.07, 6.45) is 0.898. The van der Waals surface area contributed by atoms with Crippen molar-refractivity contribution >= 4 is 11.6 Å². The van der Waals surface area contributed by atoms with Crippen molar-refractivity contribution in [3.8, 4) is 0 Å². The molecule has 1 rings (SSSR count). The lowest BCUT2D eigenvalue weighted by Gasteiger charge is -2.24. The van der Waals surface area contributed by atoms with E-state index >= 15 is 0 Å². The molecule has 0 heterocycles. The highest BCUT2D eigenvalue weighted by Gasteiger charge is 2.17. The number of benzene rings is 1. The molecule has 0 spiro atoms. The average molecular weight is 262 g/mol. The van der Waals surface area contributed by atoms with E-state index in [0.29, 0.717) is 6.54 Å². The van der Waals surface area contributed by atoms with Gasteiger partial charge in [0.1, 0.15) is 0 Å². The van der Waals surface area contributed by atoms with Crippen LogP contribution < -0.4 is 4.90 Å². The zero-order chi connectivity index (χ0) is 14.4. The maximum atomic E-state index is 12.2. The van der Waals surface area contributed by atoms with E-state index in [4.69, 9.17) is 0 Å². The third-order valence-electron chi connectivity index (χ3n) is 3.55. The number of hydrogen-bond donors (Lipinski definition) is 0. The molecule has 0 aliphatic rings. The predicted octanol–water partition coefficient (Wildman–Crippen LogP) is 3.15. The molecule has 1 aromatic rings. The SMILES string of the molecule is CCC(C)C(=O)N(CC)Cc1ccc(N(C)C)cc1. The van der Waals surface area contributed by atoms with E-state index in [-0.39, 0.29) is 11.8 Å². The predicted molar refractivity (Wildman–Crippen MR) is 81.3 cm³/mol. The van der Waals surface area contributed by atoms with Gasteiger partial charge in [0.15, 0.2) is 0 Å². The van der Waals surface area contributed by atoms with Crippen LogP contribution in [-0.4, -0.2) is 31.4 Å². The van der Waals surface area contributed by atoms with Crippen LogP contribution in [0.5, 0.6) is 0 Å². The second-order valence-corrected chi connectivity index (χ2v) is 5.22. The molecule has 0 aliphatic heterocycles. The van der Waals surface area contributed by atoms with Crippen LogP contribution in [-0.2, 0) is 11.3 Å². The van der Waals surface area contributed by atoms with Gasteiger partial charge < -0.3 is 9.80 Å². The molecule has 0 aliphatic carbocycles. The Hall–Kier alpha value is -1.51. The molecule has 0 N–H and O–H groups in total. The maximum absolute atomic E-state index is 12.2. The topological polar surface area (TPSA) is 23.6 Å². The van der Waals surface area contributed by atoms with Crippen LogP contribution in [0.3, 0.4) is 0 Å². The Kier molecular flexibility index (Phi) is 5.87. The minimum Gasteiger partial charge on any atom is -0.378 e. The summed E-state index contributed by atoms with van der Waals surface area (Å²) < 4.78 is 0. The molecule has 0 radical (unpaired) electrons. The van der Waals surface area contributed by atoms with Crippen molar-refractivity contribution in [1.82, 2.24) is 4.90 Å². The number of rotatable bonds is 6. The molecule has 0 aromatic heterocycles. The van der Waals surface area contributed by atoms with Crippen LogP contribution in [0.15, 0.2) is 24.3 Å². The third kappa shape index (κ3) is 4.27. The fourth-order valence-electron chi connectivity index (χ4n) is 1.95. The lowest BCUT2D eigenvalue weighted by atomic mass is 10.1. The monoisotopic (exact) mass is 262 g/mol. The number of carbonyl (C=O) groups is 1. The summed E-state index contributed by atoms with van der Waals surface area (Å²) in [7, 11) is 4.06. The van der Waals surface area contributed by atoms with Gasteiger partial charge in [-0.3, -0.25) is 4.79 Å². The van der Waals surface area contributed by atoms with Crippen molar-refractivity contribution in [2.24, 2.45) is 5.92 Å². The molecule has 19 heavy (non-hydrogen) atoms. The highest BCUT2D eigenvalue weighted by Crippen LogP contribution is 2.15. The Bertz CT molecular complexity index is 398. The van der Waals surface area contributed by atoms with Crippen LogP contribution in [0.25, 0.3) is 0 Å². The Morgan fingerprint density at radius 2 is 1.74 bits per heavy atom. The van der Waals surface area contributed by atoms with Crippen molar-refractivity contribution in [2.45, 2.75) is 33.7 Å². The zero-order valence-corrected chi connectivity index (χ0v) is 12.8. The second kappa shape index (κ2) is 7.17. The van der Waals surface area contributed by atoms with Crippen LogP contribution in [0, 0.1) is 5.92 Å². The quantitative estimate of drug-likeness (QED) is 0.786. The fourth-order valence-corrected chi connectivity index (χ4v) is 1.95. The normalized spacial score (nSPS) is 12.1. The van der Waals surface area contributed by atoms with Gasteiger partial charge in [-0.25, -0.2) is 0 Å². The first-order valence-electron chi connectivity index (χ1n) is 7.04. The lowest BCUT2D eigenvalue weighted by molar-refractivity contribution is -0.135. The smallest absolute Gasteiger partial charge is 0.225 e. The Balaban J connectivity index is 2.73. The second-order valence-electron chi connectivity index (χ2n) is 5.22. The molecule has 0 saturated heterocycles. The molecule has 0 saturated carbocycles. The van der Waals surface area contributed by atoms with E-state index in [1.807, 2.05) is 32.8 Å². The summed E-state index contributed by atoms with van der Waals surface area (Å²) in [6.45, 7) is 7.56. The highest BCUT2D eigenvalue weighted by molar-refractivity contribution is 5.78. The molecule has 3 nitrogen and oxygen atoms in total. The van der Waals surface area contributed by atoms with Crippen LogP contribution >= 0.6 is 0 Å². The number of nitrogens with zero attached hydrogens (tertiary/aromatic N) is 2. The number of anilines is 1. The van der Waals surface area contributed by atoms with Gasteiger partial charge in [-0.05, 0) is 31.0 Å². The summed E-state index contributed by atoms with van der Waals surface area (Å²) in [5.41, 5.74) is 2.36. The van der Waals surface area contributed by atoms with Gasteiger partial charge in [0.2, 0.25) is 5.91 Å². The first-order chi connectivity index (χ1) is 8.99. The number of amides is 1. The van der Waals surface area contributed by atoms with E-state index in [2.05, 4.69) is 36.1 Å². The average Bonchev–Trinajstić information content (AvgIpc) is 2.43. The molecule has 106 valence electrons. The van der Waals surface area contributed by atoms with Crippen molar-refractivity contribution < 1.29 is 4.79 Å². The van der Waals surface area contributed by atoms with Gasteiger partial charge >= 0.3 is 0 Å². The molecule has 3 heteroatoms. The zero-order valence-electron chi connectivity index (χ0n) is 12.8. The van der Waals surface area contributed by atoms with Crippen LogP contribution in [0.1, 0.15) is 32.8 Å². The number of hydrogen-bond acceptors (Lipinski definition) is 2. The van der Waals surface area contributed by atoms with E-state index < -0.39 is 0 Å². The van der Waals surface area contributed by atoms with Crippen molar-refractivity contribution in [2.75, 3.05) is 25.5 Å². The molecule has 0 bridgehead atoms. The standard InChI is InChI=1S/C16H26N2O/c1-6-13(3)16(19)18(7-2)12-14-8-10-15(11-9-14)17(4)5/h8-11,13H,6-7,12H2,1-5H3. The first kappa shape index (κ1) is 15.5.